The molecule has 35 heavy (non-hydrogen) atoms. The predicted octanol–water partition coefficient (Wildman–Crippen LogP) is 3.96. The van der Waals surface area contributed by atoms with Gasteiger partial charge in [0.2, 0.25) is 0 Å². The van der Waals surface area contributed by atoms with E-state index in [-0.39, 0.29) is 29.5 Å². The van der Waals surface area contributed by atoms with Crippen LogP contribution < -0.4 is 4.80 Å². The molecule has 8 nitrogen and oxygen atoms in total. The molecule has 0 unspecified atom stereocenters. The van der Waals surface area contributed by atoms with Gasteiger partial charge in [-0.15, -0.1) is 11.3 Å². The van der Waals surface area contributed by atoms with Crippen molar-refractivity contribution in [1.82, 2.24) is 9.47 Å². The Morgan fingerprint density at radius 3 is 2.63 bits per heavy atom. The quantitative estimate of drug-likeness (QED) is 0.483. The molecule has 1 fully saturated rings. The molecule has 1 aromatic carbocycles. The van der Waals surface area contributed by atoms with E-state index >= 15 is 0 Å². The van der Waals surface area contributed by atoms with Gasteiger partial charge >= 0.3 is 5.97 Å². The van der Waals surface area contributed by atoms with Crippen LogP contribution in [0.3, 0.4) is 0 Å². The van der Waals surface area contributed by atoms with Crippen LogP contribution in [0.5, 0.6) is 0 Å². The van der Waals surface area contributed by atoms with Gasteiger partial charge in [-0.05, 0) is 57.9 Å². The second-order valence-corrected chi connectivity index (χ2v) is 9.45. The van der Waals surface area contributed by atoms with E-state index in [0.717, 1.165) is 11.3 Å². The molecule has 0 saturated carbocycles. The zero-order valence-corrected chi connectivity index (χ0v) is 21.0. The summed E-state index contributed by atoms with van der Waals surface area (Å²) in [6, 6.07) is 10.8. The molecule has 184 valence electrons. The fourth-order valence-electron chi connectivity index (χ4n) is 4.09. The average molecular weight is 496 g/mol. The topological polar surface area (TPSA) is 94.1 Å². The number of hydrogen-bond donors (Lipinski definition) is 0. The Morgan fingerprint density at radius 1 is 1.14 bits per heavy atom. The summed E-state index contributed by atoms with van der Waals surface area (Å²) in [5, 5.41) is 1.94. The molecule has 3 aromatic rings. The summed E-state index contributed by atoms with van der Waals surface area (Å²) in [4.78, 5) is 44.2. The first-order valence-corrected chi connectivity index (χ1v) is 12.6. The minimum absolute atomic E-state index is 0.159. The van der Waals surface area contributed by atoms with Crippen molar-refractivity contribution in [1.29, 1.82) is 0 Å². The number of carbonyl (C=O) groups is 3. The average Bonchev–Trinajstić information content (AvgIpc) is 3.46. The first kappa shape index (κ1) is 24.7. The highest BCUT2D eigenvalue weighted by atomic mass is 32.1. The summed E-state index contributed by atoms with van der Waals surface area (Å²) >= 11 is 1.39. The predicted molar refractivity (Wildman–Crippen MR) is 131 cm³/mol. The van der Waals surface area contributed by atoms with Crippen molar-refractivity contribution in [2.75, 3.05) is 19.7 Å². The van der Waals surface area contributed by atoms with Gasteiger partial charge in [0.05, 0.1) is 19.1 Å². The van der Waals surface area contributed by atoms with Gasteiger partial charge in [0.25, 0.3) is 11.8 Å². The minimum Gasteiger partial charge on any atom is -0.466 e. The Labute approximate surface area is 207 Å². The van der Waals surface area contributed by atoms with Crippen LogP contribution in [0.15, 0.2) is 51.2 Å². The summed E-state index contributed by atoms with van der Waals surface area (Å²) in [7, 11) is 0. The molecular formula is C26H29N3O5S. The second kappa shape index (κ2) is 10.9. The normalized spacial score (nSPS) is 14.8. The lowest BCUT2D eigenvalue weighted by molar-refractivity contribution is -0.149. The molecule has 1 saturated heterocycles. The van der Waals surface area contributed by atoms with Crippen LogP contribution in [0, 0.1) is 19.8 Å². The maximum atomic E-state index is 12.9. The van der Waals surface area contributed by atoms with Gasteiger partial charge in [0, 0.05) is 29.7 Å². The van der Waals surface area contributed by atoms with Crippen molar-refractivity contribution in [3.8, 4) is 0 Å². The molecule has 0 spiro atoms. The Hall–Kier alpha value is -3.46. The molecule has 0 N–H and O–H groups in total. The number of hydrogen-bond acceptors (Lipinski definition) is 6. The van der Waals surface area contributed by atoms with E-state index in [2.05, 4.69) is 4.99 Å². The summed E-state index contributed by atoms with van der Waals surface area (Å²) in [6.45, 7) is 7.36. The summed E-state index contributed by atoms with van der Waals surface area (Å²) < 4.78 is 12.9. The third-order valence-corrected chi connectivity index (χ3v) is 7.02. The Bertz CT molecular complexity index is 1290. The van der Waals surface area contributed by atoms with Crippen LogP contribution >= 0.6 is 11.3 Å². The van der Waals surface area contributed by atoms with Gasteiger partial charge in [-0.3, -0.25) is 14.4 Å². The third kappa shape index (κ3) is 5.79. The van der Waals surface area contributed by atoms with Crippen LogP contribution in [0.1, 0.15) is 57.7 Å². The smallest absolute Gasteiger partial charge is 0.309 e. The summed E-state index contributed by atoms with van der Waals surface area (Å²) in [6.07, 6.45) is 1.17. The number of esters is 1. The highest BCUT2D eigenvalue weighted by molar-refractivity contribution is 7.07. The fourth-order valence-corrected chi connectivity index (χ4v) is 4.97. The van der Waals surface area contributed by atoms with Gasteiger partial charge in [0.1, 0.15) is 5.76 Å². The summed E-state index contributed by atoms with van der Waals surface area (Å²) in [5.74, 6) is 0.0213. The molecular weight excluding hydrogens is 466 g/mol. The number of amides is 2. The SMILES string of the molecule is CCOC(=O)C1CCN(C(=O)c2ccc(Cn3c(C)csc3=NC(=O)c3cccc(C)c3)o2)CC1. The molecule has 0 bridgehead atoms. The first-order valence-electron chi connectivity index (χ1n) is 11.7. The van der Waals surface area contributed by atoms with E-state index in [1.165, 1.54) is 11.3 Å². The molecule has 1 aliphatic rings. The lowest BCUT2D eigenvalue weighted by Gasteiger charge is -2.30. The van der Waals surface area contributed by atoms with Crippen LogP contribution in [-0.4, -0.2) is 46.9 Å². The monoisotopic (exact) mass is 495 g/mol. The molecule has 9 heteroatoms. The number of nitrogens with zero attached hydrogens (tertiary/aromatic N) is 3. The van der Waals surface area contributed by atoms with Gasteiger partial charge in [-0.2, -0.15) is 4.99 Å². The molecule has 0 radical (unpaired) electrons. The number of likely N-dealkylation sites (tertiary alicyclic amines) is 1. The maximum absolute atomic E-state index is 12.9. The Balaban J connectivity index is 1.44. The van der Waals surface area contributed by atoms with Gasteiger partial charge in [-0.25, -0.2) is 0 Å². The zero-order chi connectivity index (χ0) is 24.9. The van der Waals surface area contributed by atoms with Crippen molar-refractivity contribution < 1.29 is 23.5 Å². The van der Waals surface area contributed by atoms with Crippen LogP contribution in [0.4, 0.5) is 0 Å². The number of furan rings is 1. The maximum Gasteiger partial charge on any atom is 0.309 e. The Kier molecular flexibility index (Phi) is 7.65. The van der Waals surface area contributed by atoms with Gasteiger partial charge < -0.3 is 18.6 Å². The number of thiazole rings is 1. The number of aromatic nitrogens is 1. The second-order valence-electron chi connectivity index (χ2n) is 8.62. The van der Waals surface area contributed by atoms with E-state index in [1.807, 2.05) is 42.0 Å². The highest BCUT2D eigenvalue weighted by Crippen LogP contribution is 2.21. The molecule has 4 rings (SSSR count). The minimum atomic E-state index is -0.300. The molecule has 0 aliphatic carbocycles. The van der Waals surface area contributed by atoms with Crippen molar-refractivity contribution in [3.63, 3.8) is 0 Å². The molecule has 3 heterocycles. The highest BCUT2D eigenvalue weighted by Gasteiger charge is 2.29. The van der Waals surface area contributed by atoms with Crippen molar-refractivity contribution >= 4 is 29.1 Å². The van der Waals surface area contributed by atoms with Crippen molar-refractivity contribution in [2.45, 2.75) is 40.2 Å². The fraction of sp³-hybridized carbons (Fsp3) is 0.385. The standard InChI is InChI=1S/C26H29N3O5S/c1-4-33-25(32)19-10-12-28(13-11-19)24(31)22-9-8-21(34-22)15-29-18(3)16-35-26(29)27-23(30)20-7-5-6-17(2)14-20/h5-9,14,16,19H,4,10-13,15H2,1-3H3. The van der Waals surface area contributed by atoms with Crippen molar-refractivity contribution in [3.05, 3.63) is 74.9 Å². The molecule has 1 aliphatic heterocycles. The number of piperidine rings is 1. The third-order valence-electron chi connectivity index (χ3n) is 6.04. The molecule has 2 aromatic heterocycles. The van der Waals surface area contributed by atoms with E-state index in [4.69, 9.17) is 9.15 Å². The van der Waals surface area contributed by atoms with Crippen LogP contribution in [0.25, 0.3) is 0 Å². The van der Waals surface area contributed by atoms with Crippen molar-refractivity contribution in [2.24, 2.45) is 10.9 Å². The largest absolute Gasteiger partial charge is 0.466 e. The van der Waals surface area contributed by atoms with Gasteiger partial charge in [0.15, 0.2) is 10.6 Å². The first-order chi connectivity index (χ1) is 16.9. The van der Waals surface area contributed by atoms with Crippen LogP contribution in [0.2, 0.25) is 0 Å². The number of ether oxygens (including phenoxy) is 1. The van der Waals surface area contributed by atoms with E-state index in [0.29, 0.717) is 55.2 Å². The lowest BCUT2D eigenvalue weighted by Crippen LogP contribution is -2.40. The molecule has 0 atom stereocenters. The van der Waals surface area contributed by atoms with E-state index in [1.54, 1.807) is 30.0 Å². The Morgan fingerprint density at radius 2 is 1.91 bits per heavy atom. The molecule has 2 amide bonds. The van der Waals surface area contributed by atoms with E-state index in [9.17, 15) is 14.4 Å². The number of rotatable bonds is 6. The van der Waals surface area contributed by atoms with Gasteiger partial charge in [-0.1, -0.05) is 17.7 Å². The zero-order valence-electron chi connectivity index (χ0n) is 20.2. The summed E-state index contributed by atoms with van der Waals surface area (Å²) in [5.41, 5.74) is 2.48. The number of benzene rings is 1. The van der Waals surface area contributed by atoms with E-state index < -0.39 is 0 Å². The number of carbonyl (C=O) groups excluding carboxylic acids is 3. The lowest BCUT2D eigenvalue weighted by atomic mass is 9.97. The number of aryl methyl sites for hydroxylation is 2. The van der Waals surface area contributed by atoms with Crippen LogP contribution in [-0.2, 0) is 16.1 Å².